The van der Waals surface area contributed by atoms with Gasteiger partial charge in [0.2, 0.25) is 0 Å². The van der Waals surface area contributed by atoms with Crippen LogP contribution in [0.5, 0.6) is 0 Å². The number of oxazole rings is 1. The van der Waals surface area contributed by atoms with E-state index in [0.717, 1.165) is 28.2 Å². The molecule has 2 N–H and O–H groups in total. The quantitative estimate of drug-likeness (QED) is 0.755. The average Bonchev–Trinajstić information content (AvgIpc) is 3.18. The zero-order valence-electron chi connectivity index (χ0n) is 10.6. The molecule has 0 aliphatic heterocycles. The minimum absolute atomic E-state index is 0.0495. The average molecular weight is 287 g/mol. The zero-order chi connectivity index (χ0) is 13.8. The van der Waals surface area contributed by atoms with Crippen LogP contribution in [0.2, 0.25) is 0 Å². The van der Waals surface area contributed by atoms with Crippen LogP contribution in [0.3, 0.4) is 0 Å². The van der Waals surface area contributed by atoms with Crippen LogP contribution in [0.4, 0.5) is 5.69 Å². The summed E-state index contributed by atoms with van der Waals surface area (Å²) in [5.41, 5.74) is 4.42. The minimum Gasteiger partial charge on any atom is -0.444 e. The summed E-state index contributed by atoms with van der Waals surface area (Å²) in [4.78, 5) is 9.09. The molecule has 6 heteroatoms. The van der Waals surface area contributed by atoms with E-state index in [1.807, 2.05) is 29.9 Å². The molecule has 0 amide bonds. The molecule has 0 aliphatic carbocycles. The molecule has 20 heavy (non-hydrogen) atoms. The number of rotatable bonds is 5. The Balaban J connectivity index is 1.80. The Kier molecular flexibility index (Phi) is 3.76. The topological polar surface area (TPSA) is 71.2 Å². The van der Waals surface area contributed by atoms with E-state index >= 15 is 0 Å². The summed E-state index contributed by atoms with van der Waals surface area (Å²) < 4.78 is 5.27. The van der Waals surface area contributed by atoms with Gasteiger partial charge in [-0.2, -0.15) is 0 Å². The molecule has 2 heterocycles. The Morgan fingerprint density at radius 3 is 2.90 bits per heavy atom. The van der Waals surface area contributed by atoms with Crippen molar-refractivity contribution in [2.75, 3.05) is 5.32 Å². The van der Waals surface area contributed by atoms with Gasteiger partial charge in [-0.1, -0.05) is 0 Å². The van der Waals surface area contributed by atoms with E-state index in [2.05, 4.69) is 15.3 Å². The number of aromatic nitrogens is 2. The molecule has 102 valence electrons. The first-order valence-corrected chi connectivity index (χ1v) is 6.98. The van der Waals surface area contributed by atoms with Crippen LogP contribution in [-0.2, 0) is 13.2 Å². The maximum absolute atomic E-state index is 9.50. The third kappa shape index (κ3) is 2.71. The van der Waals surface area contributed by atoms with Gasteiger partial charge >= 0.3 is 0 Å². The summed E-state index contributed by atoms with van der Waals surface area (Å²) in [7, 11) is 0. The Bertz CT molecular complexity index is 666. The Morgan fingerprint density at radius 1 is 1.25 bits per heavy atom. The van der Waals surface area contributed by atoms with Crippen molar-refractivity contribution in [2.24, 2.45) is 0 Å². The van der Waals surface area contributed by atoms with E-state index in [4.69, 9.17) is 4.42 Å². The Labute approximate surface area is 119 Å². The first kappa shape index (κ1) is 12.8. The number of aliphatic hydroxyl groups is 1. The highest BCUT2D eigenvalue weighted by atomic mass is 32.1. The lowest BCUT2D eigenvalue weighted by Gasteiger charge is -2.09. The molecule has 5 nitrogen and oxygen atoms in total. The molecule has 0 saturated carbocycles. The summed E-state index contributed by atoms with van der Waals surface area (Å²) in [6.07, 6.45) is 4.86. The van der Waals surface area contributed by atoms with Crippen molar-refractivity contribution < 1.29 is 9.52 Å². The second-order valence-corrected chi connectivity index (χ2v) is 5.19. The van der Waals surface area contributed by atoms with Gasteiger partial charge < -0.3 is 14.8 Å². The van der Waals surface area contributed by atoms with Crippen LogP contribution in [0, 0.1) is 0 Å². The van der Waals surface area contributed by atoms with E-state index in [0.29, 0.717) is 5.76 Å². The van der Waals surface area contributed by atoms with Crippen LogP contribution in [0.1, 0.15) is 10.4 Å². The standard InChI is InChI=1S/C14H13N3O2S/c18-7-10-3-11(17-5-12-4-16-9-20-12)1-2-13(10)14-6-15-8-19-14/h1-4,6,8-9,17-18H,5,7H2. The van der Waals surface area contributed by atoms with Gasteiger partial charge in [0.1, 0.15) is 0 Å². The number of thiazole rings is 1. The van der Waals surface area contributed by atoms with E-state index in [-0.39, 0.29) is 6.61 Å². The van der Waals surface area contributed by atoms with Crippen molar-refractivity contribution in [3.05, 3.63) is 52.9 Å². The zero-order valence-corrected chi connectivity index (χ0v) is 11.4. The van der Waals surface area contributed by atoms with Gasteiger partial charge in [-0.05, 0) is 23.8 Å². The lowest BCUT2D eigenvalue weighted by atomic mass is 10.1. The minimum atomic E-state index is -0.0495. The molecule has 3 rings (SSSR count). The fourth-order valence-corrected chi connectivity index (χ4v) is 2.48. The number of hydrogen-bond acceptors (Lipinski definition) is 6. The molecule has 0 fully saturated rings. The SMILES string of the molecule is OCc1cc(NCc2cncs2)ccc1-c1cnco1. The van der Waals surface area contributed by atoms with Crippen molar-refractivity contribution in [1.82, 2.24) is 9.97 Å². The number of nitrogens with zero attached hydrogens (tertiary/aromatic N) is 2. The van der Waals surface area contributed by atoms with Gasteiger partial charge in [-0.15, -0.1) is 11.3 Å². The van der Waals surface area contributed by atoms with Crippen molar-refractivity contribution in [1.29, 1.82) is 0 Å². The van der Waals surface area contributed by atoms with E-state index in [1.54, 1.807) is 17.5 Å². The summed E-state index contributed by atoms with van der Waals surface area (Å²) in [6, 6.07) is 5.79. The van der Waals surface area contributed by atoms with Gasteiger partial charge in [0.05, 0.1) is 24.9 Å². The van der Waals surface area contributed by atoms with Crippen LogP contribution >= 0.6 is 11.3 Å². The molecule has 2 aromatic heterocycles. The maximum Gasteiger partial charge on any atom is 0.181 e. The molecule has 0 unspecified atom stereocenters. The van der Waals surface area contributed by atoms with Gasteiger partial charge in [-0.3, -0.25) is 4.98 Å². The molecule has 0 bridgehead atoms. The summed E-state index contributed by atoms with van der Waals surface area (Å²) in [6.45, 7) is 0.670. The summed E-state index contributed by atoms with van der Waals surface area (Å²) in [5, 5.41) is 12.8. The van der Waals surface area contributed by atoms with Gasteiger partial charge in [-0.25, -0.2) is 4.98 Å². The molecule has 0 aliphatic rings. The van der Waals surface area contributed by atoms with Crippen molar-refractivity contribution in [3.8, 4) is 11.3 Å². The number of benzene rings is 1. The summed E-state index contributed by atoms with van der Waals surface area (Å²) >= 11 is 1.61. The normalized spacial score (nSPS) is 10.7. The molecule has 1 aromatic carbocycles. The maximum atomic E-state index is 9.50. The molecule has 0 atom stereocenters. The highest BCUT2D eigenvalue weighted by Gasteiger charge is 2.08. The van der Waals surface area contributed by atoms with Crippen LogP contribution < -0.4 is 5.32 Å². The van der Waals surface area contributed by atoms with E-state index in [9.17, 15) is 5.11 Å². The van der Waals surface area contributed by atoms with Crippen molar-refractivity contribution >= 4 is 17.0 Å². The number of anilines is 1. The van der Waals surface area contributed by atoms with Gasteiger partial charge in [0, 0.05) is 22.3 Å². The van der Waals surface area contributed by atoms with E-state index in [1.165, 1.54) is 6.39 Å². The predicted octanol–water partition coefficient (Wildman–Crippen LogP) is 2.90. The number of hydrogen-bond donors (Lipinski definition) is 2. The molecule has 0 spiro atoms. The van der Waals surface area contributed by atoms with Crippen LogP contribution in [-0.4, -0.2) is 15.1 Å². The predicted molar refractivity (Wildman–Crippen MR) is 77.3 cm³/mol. The first-order valence-electron chi connectivity index (χ1n) is 6.10. The lowest BCUT2D eigenvalue weighted by Crippen LogP contribution is -1.99. The fourth-order valence-electron chi connectivity index (χ4n) is 1.94. The highest BCUT2D eigenvalue weighted by Crippen LogP contribution is 2.26. The second kappa shape index (κ2) is 5.85. The Morgan fingerprint density at radius 2 is 2.20 bits per heavy atom. The highest BCUT2D eigenvalue weighted by molar-refractivity contribution is 7.09. The lowest BCUT2D eigenvalue weighted by molar-refractivity contribution is 0.282. The van der Waals surface area contributed by atoms with Gasteiger partial charge in [0.25, 0.3) is 0 Å². The molecular formula is C14H13N3O2S. The molecular weight excluding hydrogens is 274 g/mol. The summed E-state index contributed by atoms with van der Waals surface area (Å²) in [5.74, 6) is 0.656. The van der Waals surface area contributed by atoms with Crippen LogP contribution in [0.25, 0.3) is 11.3 Å². The van der Waals surface area contributed by atoms with Crippen molar-refractivity contribution in [3.63, 3.8) is 0 Å². The fraction of sp³-hybridized carbons (Fsp3) is 0.143. The molecule has 0 saturated heterocycles. The molecule has 3 aromatic rings. The molecule has 0 radical (unpaired) electrons. The van der Waals surface area contributed by atoms with Crippen LogP contribution in [0.15, 0.2) is 46.9 Å². The smallest absolute Gasteiger partial charge is 0.181 e. The second-order valence-electron chi connectivity index (χ2n) is 4.22. The van der Waals surface area contributed by atoms with Crippen molar-refractivity contribution in [2.45, 2.75) is 13.2 Å². The monoisotopic (exact) mass is 287 g/mol. The number of aliphatic hydroxyl groups excluding tert-OH is 1. The number of nitrogens with one attached hydrogen (secondary N) is 1. The largest absolute Gasteiger partial charge is 0.444 e. The Hall–Kier alpha value is -2.18. The van der Waals surface area contributed by atoms with Gasteiger partial charge in [0.15, 0.2) is 12.2 Å². The van der Waals surface area contributed by atoms with E-state index < -0.39 is 0 Å². The third-order valence-electron chi connectivity index (χ3n) is 2.92. The third-order valence-corrected chi connectivity index (χ3v) is 3.70. The first-order chi connectivity index (χ1) is 9.86.